The molecule has 0 aliphatic carbocycles. The van der Waals surface area contributed by atoms with Crippen molar-refractivity contribution in [3.63, 3.8) is 0 Å². The van der Waals surface area contributed by atoms with Crippen LogP contribution in [0.4, 0.5) is 5.69 Å². The molecule has 1 aromatic carbocycles. The maximum absolute atomic E-state index is 12.5. The van der Waals surface area contributed by atoms with Crippen LogP contribution in [0.25, 0.3) is 0 Å². The number of benzene rings is 1. The summed E-state index contributed by atoms with van der Waals surface area (Å²) in [6.45, 7) is 1.78. The van der Waals surface area contributed by atoms with E-state index < -0.39 is 0 Å². The van der Waals surface area contributed by atoms with Crippen LogP contribution in [0.15, 0.2) is 40.4 Å². The maximum Gasteiger partial charge on any atom is 0.226 e. The van der Waals surface area contributed by atoms with Gasteiger partial charge in [0.1, 0.15) is 0 Å². The first-order chi connectivity index (χ1) is 11.7. The van der Waals surface area contributed by atoms with E-state index in [0.29, 0.717) is 6.42 Å². The van der Waals surface area contributed by atoms with Crippen LogP contribution < -0.4 is 10.6 Å². The van der Waals surface area contributed by atoms with Gasteiger partial charge >= 0.3 is 0 Å². The first-order valence-corrected chi connectivity index (χ1v) is 8.94. The van der Waals surface area contributed by atoms with Crippen molar-refractivity contribution in [3.8, 4) is 0 Å². The highest BCUT2D eigenvalue weighted by atomic mass is 32.2. The molecule has 0 fully saturated rings. The minimum absolute atomic E-state index is 0.0665. The van der Waals surface area contributed by atoms with Crippen molar-refractivity contribution in [1.82, 2.24) is 10.2 Å². The van der Waals surface area contributed by atoms with Gasteiger partial charge in [-0.15, -0.1) is 0 Å². The van der Waals surface area contributed by atoms with Crippen LogP contribution in [-0.4, -0.2) is 35.0 Å². The molecule has 3 aliphatic rings. The molecule has 6 nitrogen and oxygen atoms in total. The molecular formula is C17H18N4O2S. The standard InChI is InChI=1S/C17H18N4O2S/c22-15(8-11-10-24-17-18-6-3-7-21(11)17)20-14-9-16(23)19-13-5-2-1-4-12(13)14/h1-2,4-5,10,14H,3,6-9H2,(H,19,23)(H,20,22). The lowest BCUT2D eigenvalue weighted by Gasteiger charge is -2.28. The summed E-state index contributed by atoms with van der Waals surface area (Å²) < 4.78 is 0. The van der Waals surface area contributed by atoms with Crippen LogP contribution in [-0.2, 0) is 9.59 Å². The number of anilines is 1. The van der Waals surface area contributed by atoms with Crippen LogP contribution >= 0.6 is 11.8 Å². The number of hydrogen-bond acceptors (Lipinski definition) is 5. The second kappa shape index (κ2) is 6.32. The zero-order valence-electron chi connectivity index (χ0n) is 13.1. The SMILES string of the molecule is O=C1CC(NC(=O)CC2=CSC3=NCCCN23)c2ccccc2N1. The van der Waals surface area contributed by atoms with E-state index >= 15 is 0 Å². The number of hydrogen-bond donors (Lipinski definition) is 2. The lowest BCUT2D eigenvalue weighted by molar-refractivity contribution is -0.122. The highest BCUT2D eigenvalue weighted by molar-refractivity contribution is 8.16. The Morgan fingerprint density at radius 2 is 2.29 bits per heavy atom. The molecule has 0 saturated heterocycles. The Labute approximate surface area is 144 Å². The molecular weight excluding hydrogens is 324 g/mol. The molecule has 3 heterocycles. The summed E-state index contributed by atoms with van der Waals surface area (Å²) in [7, 11) is 0. The summed E-state index contributed by atoms with van der Waals surface area (Å²) in [4.78, 5) is 30.9. The molecule has 0 spiro atoms. The summed E-state index contributed by atoms with van der Waals surface area (Å²) in [5.74, 6) is -0.136. The van der Waals surface area contributed by atoms with Crippen LogP contribution in [0.3, 0.4) is 0 Å². The van der Waals surface area contributed by atoms with Gasteiger partial charge in [0.05, 0.1) is 18.9 Å². The fraction of sp³-hybridized carbons (Fsp3) is 0.353. The number of fused-ring (bicyclic) bond motifs is 2. The minimum atomic E-state index is -0.272. The molecule has 2 amide bonds. The highest BCUT2D eigenvalue weighted by Crippen LogP contribution is 2.32. The molecule has 124 valence electrons. The van der Waals surface area contributed by atoms with E-state index in [1.165, 1.54) is 0 Å². The fourth-order valence-corrected chi connectivity index (χ4v) is 4.18. The molecule has 4 rings (SSSR count). The maximum atomic E-state index is 12.5. The zero-order chi connectivity index (χ0) is 16.5. The first kappa shape index (κ1) is 15.3. The molecule has 1 unspecified atom stereocenters. The predicted molar refractivity (Wildman–Crippen MR) is 94.5 cm³/mol. The average Bonchev–Trinajstić information content (AvgIpc) is 2.98. The summed E-state index contributed by atoms with van der Waals surface area (Å²) in [6, 6.07) is 7.33. The van der Waals surface area contributed by atoms with E-state index in [2.05, 4.69) is 20.5 Å². The second-order valence-corrected chi connectivity index (χ2v) is 6.87. The molecule has 0 saturated carbocycles. The van der Waals surface area contributed by atoms with E-state index in [9.17, 15) is 9.59 Å². The molecule has 0 bridgehead atoms. The number of nitrogens with zero attached hydrogens (tertiary/aromatic N) is 2. The van der Waals surface area contributed by atoms with Crippen LogP contribution in [0.1, 0.15) is 30.9 Å². The van der Waals surface area contributed by atoms with Gasteiger partial charge in [-0.3, -0.25) is 14.6 Å². The number of aliphatic imine (C=N–C) groups is 1. The number of carbonyl (C=O) groups excluding carboxylic acids is 2. The Balaban J connectivity index is 1.44. The van der Waals surface area contributed by atoms with Gasteiger partial charge in [-0.25, -0.2) is 0 Å². The summed E-state index contributed by atoms with van der Waals surface area (Å²) in [6.07, 6.45) is 1.60. The van der Waals surface area contributed by atoms with Crippen LogP contribution in [0.5, 0.6) is 0 Å². The quantitative estimate of drug-likeness (QED) is 0.883. The van der Waals surface area contributed by atoms with Crippen molar-refractivity contribution < 1.29 is 9.59 Å². The van der Waals surface area contributed by atoms with E-state index in [1.54, 1.807) is 11.8 Å². The minimum Gasteiger partial charge on any atom is -0.348 e. The van der Waals surface area contributed by atoms with E-state index in [-0.39, 0.29) is 24.3 Å². The van der Waals surface area contributed by atoms with Crippen molar-refractivity contribution in [2.75, 3.05) is 18.4 Å². The molecule has 1 aromatic rings. The number of carbonyl (C=O) groups is 2. The molecule has 24 heavy (non-hydrogen) atoms. The van der Waals surface area contributed by atoms with Gasteiger partial charge in [0.15, 0.2) is 5.17 Å². The lowest BCUT2D eigenvalue weighted by atomic mass is 9.97. The molecule has 0 radical (unpaired) electrons. The van der Waals surface area contributed by atoms with Crippen molar-refractivity contribution >= 4 is 34.4 Å². The third kappa shape index (κ3) is 2.91. The first-order valence-electron chi connectivity index (χ1n) is 8.06. The Kier molecular flexibility index (Phi) is 4.02. The normalized spacial score (nSPS) is 22.1. The second-order valence-electron chi connectivity index (χ2n) is 6.03. The molecule has 0 aromatic heterocycles. The zero-order valence-corrected chi connectivity index (χ0v) is 13.9. The van der Waals surface area contributed by atoms with Crippen LogP contribution in [0, 0.1) is 0 Å². The number of thioether (sulfide) groups is 1. The highest BCUT2D eigenvalue weighted by Gasteiger charge is 2.29. The number of para-hydroxylation sites is 1. The fourth-order valence-electron chi connectivity index (χ4n) is 3.22. The van der Waals surface area contributed by atoms with Gasteiger partial charge in [0.2, 0.25) is 11.8 Å². The van der Waals surface area contributed by atoms with Gasteiger partial charge in [-0.05, 0) is 23.5 Å². The number of rotatable bonds is 3. The topological polar surface area (TPSA) is 73.8 Å². The largest absolute Gasteiger partial charge is 0.348 e. The summed E-state index contributed by atoms with van der Waals surface area (Å²) in [5, 5.41) is 8.85. The number of amides is 2. The molecule has 3 aliphatic heterocycles. The van der Waals surface area contributed by atoms with Gasteiger partial charge in [-0.1, -0.05) is 30.0 Å². The van der Waals surface area contributed by atoms with Gasteiger partial charge in [0.25, 0.3) is 0 Å². The lowest BCUT2D eigenvalue weighted by Crippen LogP contribution is -2.37. The molecule has 2 N–H and O–H groups in total. The Morgan fingerprint density at radius 3 is 3.21 bits per heavy atom. The van der Waals surface area contributed by atoms with Crippen molar-refractivity contribution in [1.29, 1.82) is 0 Å². The molecule has 1 atom stereocenters. The number of amidine groups is 1. The van der Waals surface area contributed by atoms with E-state index in [1.807, 2.05) is 29.7 Å². The molecule has 7 heteroatoms. The smallest absolute Gasteiger partial charge is 0.226 e. The third-order valence-corrected chi connectivity index (χ3v) is 5.29. The monoisotopic (exact) mass is 342 g/mol. The summed E-state index contributed by atoms with van der Waals surface area (Å²) >= 11 is 1.58. The predicted octanol–water partition coefficient (Wildman–Crippen LogP) is 2.23. The van der Waals surface area contributed by atoms with Crippen molar-refractivity contribution in [3.05, 3.63) is 40.9 Å². The van der Waals surface area contributed by atoms with Gasteiger partial charge < -0.3 is 15.5 Å². The summed E-state index contributed by atoms with van der Waals surface area (Å²) in [5.41, 5.74) is 2.73. The van der Waals surface area contributed by atoms with Crippen LogP contribution in [0.2, 0.25) is 0 Å². The number of nitrogens with one attached hydrogen (secondary N) is 2. The van der Waals surface area contributed by atoms with E-state index in [4.69, 9.17) is 0 Å². The van der Waals surface area contributed by atoms with Gasteiger partial charge in [0, 0.05) is 24.5 Å². The third-order valence-electron chi connectivity index (χ3n) is 4.34. The van der Waals surface area contributed by atoms with Crippen molar-refractivity contribution in [2.45, 2.75) is 25.3 Å². The Morgan fingerprint density at radius 1 is 1.42 bits per heavy atom. The Bertz CT molecular complexity index is 759. The van der Waals surface area contributed by atoms with Gasteiger partial charge in [-0.2, -0.15) is 0 Å². The Hall–Kier alpha value is -2.28. The van der Waals surface area contributed by atoms with Crippen molar-refractivity contribution in [2.24, 2.45) is 4.99 Å². The van der Waals surface area contributed by atoms with E-state index in [0.717, 1.165) is 41.6 Å². The average molecular weight is 342 g/mol.